The Hall–Kier alpha value is -3.36. The predicted molar refractivity (Wildman–Crippen MR) is 123 cm³/mol. The third-order valence-electron chi connectivity index (χ3n) is 6.74. The smallest absolute Gasteiger partial charge is 0.276 e. The minimum atomic E-state index is -1.09. The molecule has 1 unspecified atom stereocenters. The zero-order valence-electron chi connectivity index (χ0n) is 19.4. The number of fused-ring (bicyclic) bond motifs is 1. The van der Waals surface area contributed by atoms with Gasteiger partial charge in [0.2, 0.25) is 5.91 Å². The largest absolute Gasteiger partial charge is 0.497 e. The maximum Gasteiger partial charge on any atom is 0.276 e. The van der Waals surface area contributed by atoms with E-state index in [1.54, 1.807) is 45.3 Å². The Morgan fingerprint density at radius 2 is 1.88 bits per heavy atom. The molecule has 2 aliphatic rings. The lowest BCUT2D eigenvalue weighted by molar-refractivity contribution is -0.133. The van der Waals surface area contributed by atoms with Crippen molar-refractivity contribution in [2.75, 3.05) is 19.5 Å². The molecule has 1 aliphatic heterocycles. The van der Waals surface area contributed by atoms with Gasteiger partial charge in [-0.1, -0.05) is 31.7 Å². The quantitative estimate of drug-likeness (QED) is 0.678. The number of ether oxygens (including phenoxy) is 1. The summed E-state index contributed by atoms with van der Waals surface area (Å²) in [6.45, 7) is 1.92. The second-order valence-electron chi connectivity index (χ2n) is 9.06. The van der Waals surface area contributed by atoms with E-state index < -0.39 is 11.4 Å². The van der Waals surface area contributed by atoms with Gasteiger partial charge in [-0.05, 0) is 31.9 Å². The Morgan fingerprint density at radius 1 is 1.15 bits per heavy atom. The molecule has 0 saturated heterocycles. The topological polar surface area (TPSA) is 106 Å². The number of nitrogens with zero attached hydrogens (tertiary/aromatic N) is 3. The normalized spacial score (nSPS) is 21.2. The minimum absolute atomic E-state index is 0.114. The molecule has 9 heteroatoms. The molecule has 1 aromatic carbocycles. The molecular formula is C24H31N5O4. The van der Waals surface area contributed by atoms with Crippen molar-refractivity contribution < 1.29 is 19.1 Å². The van der Waals surface area contributed by atoms with Crippen LogP contribution in [0.25, 0.3) is 0 Å². The fourth-order valence-corrected chi connectivity index (χ4v) is 4.50. The van der Waals surface area contributed by atoms with Gasteiger partial charge >= 0.3 is 0 Å². The van der Waals surface area contributed by atoms with Gasteiger partial charge in [0, 0.05) is 30.9 Å². The maximum absolute atomic E-state index is 13.3. The molecule has 9 nitrogen and oxygen atoms in total. The molecule has 2 heterocycles. The zero-order valence-corrected chi connectivity index (χ0v) is 19.4. The highest BCUT2D eigenvalue weighted by Gasteiger charge is 2.46. The zero-order chi connectivity index (χ0) is 23.6. The van der Waals surface area contributed by atoms with Gasteiger partial charge in [-0.3, -0.25) is 19.1 Å². The van der Waals surface area contributed by atoms with Gasteiger partial charge in [-0.25, -0.2) is 0 Å². The number of anilines is 1. The Balaban J connectivity index is 1.52. The van der Waals surface area contributed by atoms with E-state index in [2.05, 4.69) is 15.7 Å². The van der Waals surface area contributed by atoms with E-state index in [4.69, 9.17) is 4.74 Å². The molecular weight excluding hydrogens is 422 g/mol. The third kappa shape index (κ3) is 4.58. The third-order valence-corrected chi connectivity index (χ3v) is 6.74. The highest BCUT2D eigenvalue weighted by molar-refractivity contribution is 6.05. The van der Waals surface area contributed by atoms with Crippen LogP contribution in [0, 0.1) is 0 Å². The summed E-state index contributed by atoms with van der Waals surface area (Å²) >= 11 is 0. The van der Waals surface area contributed by atoms with E-state index >= 15 is 0 Å². The molecule has 2 N–H and O–H groups in total. The summed E-state index contributed by atoms with van der Waals surface area (Å²) < 4.78 is 6.65. The van der Waals surface area contributed by atoms with Crippen molar-refractivity contribution in [3.63, 3.8) is 0 Å². The second-order valence-corrected chi connectivity index (χ2v) is 9.06. The van der Waals surface area contributed by atoms with E-state index in [1.165, 1.54) is 28.5 Å². The van der Waals surface area contributed by atoms with Crippen molar-refractivity contribution >= 4 is 23.4 Å². The van der Waals surface area contributed by atoms with Crippen LogP contribution in [0.2, 0.25) is 0 Å². The first kappa shape index (κ1) is 22.8. The van der Waals surface area contributed by atoms with E-state index in [1.807, 2.05) is 0 Å². The number of likely N-dealkylation sites (N-methyl/N-ethyl adjacent to an activating group) is 1. The number of carbonyl (C=O) groups is 3. The molecule has 4 rings (SSSR count). The van der Waals surface area contributed by atoms with Gasteiger partial charge in [-0.15, -0.1) is 0 Å². The van der Waals surface area contributed by atoms with Crippen LogP contribution in [0.1, 0.15) is 66.4 Å². The summed E-state index contributed by atoms with van der Waals surface area (Å²) in [6, 6.07) is 8.58. The lowest BCUT2D eigenvalue weighted by Gasteiger charge is -2.41. The molecule has 0 bridgehead atoms. The van der Waals surface area contributed by atoms with Crippen LogP contribution in [-0.4, -0.2) is 58.1 Å². The van der Waals surface area contributed by atoms with Crippen molar-refractivity contribution in [3.8, 4) is 5.75 Å². The lowest BCUT2D eigenvalue weighted by Crippen LogP contribution is -2.63. The van der Waals surface area contributed by atoms with Crippen LogP contribution in [0.3, 0.4) is 0 Å². The fraction of sp³-hybridized carbons (Fsp3) is 0.500. The molecule has 1 aromatic heterocycles. The molecule has 176 valence electrons. The second kappa shape index (κ2) is 9.25. The Kier molecular flexibility index (Phi) is 6.40. The Bertz CT molecular complexity index is 1060. The number of nitrogens with one attached hydrogen (secondary N) is 2. The highest BCUT2D eigenvalue weighted by atomic mass is 16.5. The Morgan fingerprint density at radius 3 is 2.58 bits per heavy atom. The van der Waals surface area contributed by atoms with Gasteiger partial charge < -0.3 is 20.3 Å². The summed E-state index contributed by atoms with van der Waals surface area (Å²) in [5, 5.41) is 10.3. The number of aromatic nitrogens is 2. The average Bonchev–Trinajstić information content (AvgIpc) is 3.06. The van der Waals surface area contributed by atoms with E-state index in [9.17, 15) is 14.4 Å². The molecule has 0 spiro atoms. The fourth-order valence-electron chi connectivity index (χ4n) is 4.50. The number of benzene rings is 1. The number of rotatable bonds is 5. The van der Waals surface area contributed by atoms with Crippen LogP contribution in [-0.2, 0) is 11.3 Å². The van der Waals surface area contributed by atoms with Crippen LogP contribution in [0.4, 0.5) is 5.69 Å². The van der Waals surface area contributed by atoms with Crippen LogP contribution in [0.15, 0.2) is 30.3 Å². The SMILES string of the molecule is COc1cccc(NC(=O)c2cc3n(n2)CC(C)(C(=O)NC2CCCCCC2)N(C)C3=O)c1. The van der Waals surface area contributed by atoms with E-state index in [0.29, 0.717) is 11.4 Å². The number of hydrogen-bond donors (Lipinski definition) is 2. The van der Waals surface area contributed by atoms with Gasteiger partial charge in [0.05, 0.1) is 13.7 Å². The predicted octanol–water partition coefficient (Wildman–Crippen LogP) is 2.83. The van der Waals surface area contributed by atoms with Crippen molar-refractivity contribution in [3.05, 3.63) is 41.7 Å². The standard InChI is InChI=1S/C24H31N5O4/c1-24(23(32)26-16-9-6-4-5-7-10-16)15-29-20(22(31)28(24)2)14-19(27-29)21(30)25-17-11-8-12-18(13-17)33-3/h8,11-14,16H,4-7,9-10,15H2,1-3H3,(H,25,30)(H,26,32). The molecule has 1 aliphatic carbocycles. The van der Waals surface area contributed by atoms with Gasteiger partial charge in [0.15, 0.2) is 5.69 Å². The average molecular weight is 454 g/mol. The summed E-state index contributed by atoms with van der Waals surface area (Å²) in [5.74, 6) is -0.351. The Labute approximate surface area is 193 Å². The molecule has 1 saturated carbocycles. The van der Waals surface area contributed by atoms with Crippen molar-refractivity contribution in [1.82, 2.24) is 20.0 Å². The van der Waals surface area contributed by atoms with Crippen molar-refractivity contribution in [1.29, 1.82) is 0 Å². The number of methoxy groups -OCH3 is 1. The van der Waals surface area contributed by atoms with E-state index in [-0.39, 0.29) is 35.8 Å². The lowest BCUT2D eigenvalue weighted by atomic mass is 9.95. The summed E-state index contributed by atoms with van der Waals surface area (Å²) in [5.41, 5.74) is -0.138. The van der Waals surface area contributed by atoms with Crippen molar-refractivity contribution in [2.24, 2.45) is 0 Å². The van der Waals surface area contributed by atoms with Crippen LogP contribution >= 0.6 is 0 Å². The molecule has 3 amide bonds. The van der Waals surface area contributed by atoms with Gasteiger partial charge in [0.1, 0.15) is 17.0 Å². The summed E-state index contributed by atoms with van der Waals surface area (Å²) in [7, 11) is 3.18. The first-order valence-corrected chi connectivity index (χ1v) is 11.4. The van der Waals surface area contributed by atoms with Gasteiger partial charge in [-0.2, -0.15) is 5.10 Å². The molecule has 0 radical (unpaired) electrons. The van der Waals surface area contributed by atoms with Crippen LogP contribution in [0.5, 0.6) is 5.75 Å². The highest BCUT2D eigenvalue weighted by Crippen LogP contribution is 2.27. The minimum Gasteiger partial charge on any atom is -0.497 e. The van der Waals surface area contributed by atoms with Gasteiger partial charge in [0.25, 0.3) is 11.8 Å². The summed E-state index contributed by atoms with van der Waals surface area (Å²) in [6.07, 6.45) is 6.51. The molecule has 1 atom stereocenters. The number of amides is 3. The van der Waals surface area contributed by atoms with Crippen molar-refractivity contribution in [2.45, 2.75) is 63.6 Å². The molecule has 1 fully saturated rings. The maximum atomic E-state index is 13.3. The van der Waals surface area contributed by atoms with Crippen LogP contribution < -0.4 is 15.4 Å². The first-order valence-electron chi connectivity index (χ1n) is 11.4. The number of hydrogen-bond acceptors (Lipinski definition) is 5. The monoisotopic (exact) mass is 453 g/mol. The van der Waals surface area contributed by atoms with E-state index in [0.717, 1.165) is 25.7 Å². The molecule has 2 aromatic rings. The number of carbonyl (C=O) groups excluding carboxylic acids is 3. The first-order chi connectivity index (χ1) is 15.8. The molecule has 33 heavy (non-hydrogen) atoms. The summed E-state index contributed by atoms with van der Waals surface area (Å²) in [4.78, 5) is 40.6.